The average Bonchev–Trinajstić information content (AvgIpc) is 3.24. The molecule has 126 valence electrons. The van der Waals surface area contributed by atoms with Crippen LogP contribution in [0, 0.1) is 0 Å². The van der Waals surface area contributed by atoms with E-state index in [4.69, 9.17) is 5.84 Å². The zero-order chi connectivity index (χ0) is 17.2. The van der Waals surface area contributed by atoms with Crippen molar-refractivity contribution in [3.63, 3.8) is 0 Å². The van der Waals surface area contributed by atoms with Crippen molar-refractivity contribution in [2.24, 2.45) is 0 Å². The molecule has 1 aliphatic heterocycles. The van der Waals surface area contributed by atoms with E-state index in [1.165, 1.54) is 22.0 Å². The Morgan fingerprint density at radius 1 is 1.12 bits per heavy atom. The molecule has 1 aromatic heterocycles. The third-order valence-corrected chi connectivity index (χ3v) is 5.23. The number of carbonyl (C=O) groups is 1. The van der Waals surface area contributed by atoms with E-state index in [1.807, 2.05) is 53.4 Å². The highest BCUT2D eigenvalue weighted by Crippen LogP contribution is 2.29. The van der Waals surface area contributed by atoms with Crippen molar-refractivity contribution in [1.29, 1.82) is 0 Å². The maximum atomic E-state index is 12.6. The maximum Gasteiger partial charge on any atom is 0.237 e. The van der Waals surface area contributed by atoms with Crippen LogP contribution in [0.2, 0.25) is 0 Å². The predicted molar refractivity (Wildman–Crippen MR) is 101 cm³/mol. The first kappa shape index (κ1) is 15.8. The van der Waals surface area contributed by atoms with Crippen LogP contribution in [0.25, 0.3) is 11.3 Å². The number of para-hydroxylation sites is 1. The fourth-order valence-corrected chi connectivity index (χ4v) is 3.81. The molecular weight excluding hydrogens is 332 g/mol. The Morgan fingerprint density at radius 3 is 2.72 bits per heavy atom. The minimum absolute atomic E-state index is 0.0826. The van der Waals surface area contributed by atoms with Crippen LogP contribution in [-0.2, 0) is 11.2 Å². The van der Waals surface area contributed by atoms with E-state index in [1.54, 1.807) is 6.20 Å². The third kappa shape index (κ3) is 3.13. The van der Waals surface area contributed by atoms with Crippen LogP contribution in [0.15, 0.2) is 66.0 Å². The molecule has 1 amide bonds. The fraction of sp³-hybridized carbons (Fsp3) is 0.158. The van der Waals surface area contributed by atoms with Crippen molar-refractivity contribution in [3.8, 4) is 11.3 Å². The number of rotatable bonds is 4. The number of fused-ring (bicyclic) bond motifs is 1. The number of hydrogen-bond donors (Lipinski definition) is 1. The summed E-state index contributed by atoms with van der Waals surface area (Å²) in [5, 5.41) is 0.639. The van der Waals surface area contributed by atoms with Gasteiger partial charge >= 0.3 is 0 Å². The second kappa shape index (κ2) is 6.64. The van der Waals surface area contributed by atoms with Gasteiger partial charge in [0.1, 0.15) is 0 Å². The van der Waals surface area contributed by atoms with Crippen molar-refractivity contribution >= 4 is 23.4 Å². The summed E-state index contributed by atoms with van der Waals surface area (Å²) >= 11 is 1.37. The molecule has 5 nitrogen and oxygen atoms in total. The van der Waals surface area contributed by atoms with Gasteiger partial charge in [-0.15, -0.1) is 0 Å². The lowest BCUT2D eigenvalue weighted by Crippen LogP contribution is -2.30. The number of thioether (sulfide) groups is 1. The van der Waals surface area contributed by atoms with Gasteiger partial charge in [-0.2, -0.15) is 0 Å². The van der Waals surface area contributed by atoms with Gasteiger partial charge in [-0.3, -0.25) is 4.79 Å². The molecule has 0 radical (unpaired) electrons. The largest absolute Gasteiger partial charge is 0.337 e. The van der Waals surface area contributed by atoms with Crippen molar-refractivity contribution in [3.05, 3.63) is 66.4 Å². The Morgan fingerprint density at radius 2 is 1.88 bits per heavy atom. The van der Waals surface area contributed by atoms with Gasteiger partial charge in [0.05, 0.1) is 17.6 Å². The number of imidazole rings is 1. The van der Waals surface area contributed by atoms with Gasteiger partial charge < -0.3 is 10.7 Å². The Bertz CT molecular complexity index is 907. The van der Waals surface area contributed by atoms with E-state index in [2.05, 4.69) is 11.1 Å². The quantitative estimate of drug-likeness (QED) is 0.580. The molecule has 0 unspecified atom stereocenters. The summed E-state index contributed by atoms with van der Waals surface area (Å²) in [4.78, 5) is 19.0. The van der Waals surface area contributed by atoms with Crippen LogP contribution < -0.4 is 10.7 Å². The van der Waals surface area contributed by atoms with Crippen molar-refractivity contribution in [1.82, 2.24) is 9.66 Å². The predicted octanol–water partition coefficient (Wildman–Crippen LogP) is 2.95. The van der Waals surface area contributed by atoms with Crippen molar-refractivity contribution in [2.45, 2.75) is 11.6 Å². The van der Waals surface area contributed by atoms with Gasteiger partial charge in [0.2, 0.25) is 5.91 Å². The van der Waals surface area contributed by atoms with E-state index in [-0.39, 0.29) is 5.91 Å². The molecule has 4 rings (SSSR count). The molecule has 2 heterocycles. The van der Waals surface area contributed by atoms with Gasteiger partial charge in [-0.1, -0.05) is 60.3 Å². The Hall–Kier alpha value is -2.73. The molecule has 0 atom stereocenters. The van der Waals surface area contributed by atoms with Crippen LogP contribution in [0.5, 0.6) is 0 Å². The van der Waals surface area contributed by atoms with E-state index < -0.39 is 0 Å². The molecule has 0 saturated heterocycles. The minimum atomic E-state index is 0.0826. The number of amides is 1. The molecule has 25 heavy (non-hydrogen) atoms. The lowest BCUT2D eigenvalue weighted by Gasteiger charge is -2.16. The molecule has 0 spiro atoms. The van der Waals surface area contributed by atoms with Gasteiger partial charge in [0.25, 0.3) is 0 Å². The number of carbonyl (C=O) groups excluding carboxylic acids is 1. The third-order valence-electron chi connectivity index (χ3n) is 4.28. The molecule has 2 N–H and O–H groups in total. The fourth-order valence-electron chi connectivity index (χ4n) is 3.03. The van der Waals surface area contributed by atoms with Crippen molar-refractivity contribution < 1.29 is 4.79 Å². The van der Waals surface area contributed by atoms with Crippen LogP contribution >= 0.6 is 11.8 Å². The molecule has 3 aromatic rings. The second-order valence-electron chi connectivity index (χ2n) is 5.89. The summed E-state index contributed by atoms with van der Waals surface area (Å²) in [5.74, 6) is 6.40. The van der Waals surface area contributed by atoms with Gasteiger partial charge in [0, 0.05) is 17.8 Å². The molecular formula is C19H18N4OS. The number of aromatic nitrogens is 2. The first-order valence-electron chi connectivity index (χ1n) is 8.13. The highest BCUT2D eigenvalue weighted by molar-refractivity contribution is 7.99. The number of anilines is 1. The van der Waals surface area contributed by atoms with Gasteiger partial charge in [-0.05, 0) is 18.1 Å². The van der Waals surface area contributed by atoms with E-state index in [0.29, 0.717) is 10.9 Å². The highest BCUT2D eigenvalue weighted by Gasteiger charge is 2.24. The first-order valence-corrected chi connectivity index (χ1v) is 9.12. The van der Waals surface area contributed by atoms with Gasteiger partial charge in [-0.25, -0.2) is 9.66 Å². The van der Waals surface area contributed by atoms with E-state index in [0.717, 1.165) is 29.9 Å². The molecule has 0 saturated carbocycles. The zero-order valence-corrected chi connectivity index (χ0v) is 14.4. The summed E-state index contributed by atoms with van der Waals surface area (Å²) in [6.45, 7) is 0.741. The monoisotopic (exact) mass is 350 g/mol. The minimum Gasteiger partial charge on any atom is -0.337 e. The average molecular weight is 350 g/mol. The Balaban J connectivity index is 1.46. The number of nitrogens with zero attached hydrogens (tertiary/aromatic N) is 3. The molecule has 0 aliphatic carbocycles. The molecule has 6 heteroatoms. The molecule has 1 aliphatic rings. The van der Waals surface area contributed by atoms with Crippen LogP contribution in [0.1, 0.15) is 5.56 Å². The maximum absolute atomic E-state index is 12.6. The summed E-state index contributed by atoms with van der Waals surface area (Å²) < 4.78 is 1.48. The van der Waals surface area contributed by atoms with Crippen molar-refractivity contribution in [2.75, 3.05) is 23.0 Å². The van der Waals surface area contributed by atoms with Crippen LogP contribution in [0.4, 0.5) is 5.69 Å². The zero-order valence-electron chi connectivity index (χ0n) is 13.6. The van der Waals surface area contributed by atoms with E-state index in [9.17, 15) is 4.79 Å². The lowest BCUT2D eigenvalue weighted by molar-refractivity contribution is -0.116. The number of hydrogen-bond acceptors (Lipinski definition) is 4. The van der Waals surface area contributed by atoms with Crippen LogP contribution in [0.3, 0.4) is 0 Å². The SMILES string of the molecule is Nn1cc(-c2ccccc2)nc1SCC(=O)N1CCc2ccccc21. The summed E-state index contributed by atoms with van der Waals surface area (Å²) in [6.07, 6.45) is 2.70. The molecule has 0 bridgehead atoms. The molecule has 2 aromatic carbocycles. The number of nitrogens with two attached hydrogens (primary N) is 1. The Labute approximate surface area is 150 Å². The standard InChI is InChI=1S/C19H18N4OS/c20-23-12-16(14-6-2-1-3-7-14)21-19(23)25-13-18(24)22-11-10-15-8-4-5-9-17(15)22/h1-9,12H,10-11,13,20H2. The first-order chi connectivity index (χ1) is 12.2. The molecule has 0 fully saturated rings. The Kier molecular flexibility index (Phi) is 4.19. The summed E-state index contributed by atoms with van der Waals surface area (Å²) in [6, 6.07) is 17.9. The normalized spacial score (nSPS) is 13.0. The smallest absolute Gasteiger partial charge is 0.237 e. The number of benzene rings is 2. The van der Waals surface area contributed by atoms with Crippen LogP contribution in [-0.4, -0.2) is 27.9 Å². The van der Waals surface area contributed by atoms with E-state index >= 15 is 0 Å². The summed E-state index contributed by atoms with van der Waals surface area (Å²) in [7, 11) is 0. The highest BCUT2D eigenvalue weighted by atomic mass is 32.2. The number of nitrogen functional groups attached to an aromatic ring is 1. The second-order valence-corrected chi connectivity index (χ2v) is 6.84. The lowest BCUT2D eigenvalue weighted by atomic mass is 10.2. The summed E-state index contributed by atoms with van der Waals surface area (Å²) in [5.41, 5.74) is 4.07. The topological polar surface area (TPSA) is 64.2 Å². The van der Waals surface area contributed by atoms with Gasteiger partial charge in [0.15, 0.2) is 5.16 Å².